The molecule has 0 rings (SSSR count). The van der Waals surface area contributed by atoms with E-state index < -0.39 is 0 Å². The Bertz CT molecular complexity index is 131. The average molecular weight is 214 g/mol. The molecule has 0 bridgehead atoms. The van der Waals surface area contributed by atoms with Gasteiger partial charge in [0.1, 0.15) is 0 Å². The predicted octanol–water partition coefficient (Wildman–Crippen LogP) is 4.39. The zero-order chi connectivity index (χ0) is 11.7. The summed E-state index contributed by atoms with van der Waals surface area (Å²) in [5.74, 6) is 1.31. The van der Waals surface area contributed by atoms with Gasteiger partial charge < -0.3 is 5.11 Å². The minimum atomic E-state index is -0.0553. The van der Waals surface area contributed by atoms with Crippen LogP contribution in [0, 0.1) is 11.8 Å². The van der Waals surface area contributed by atoms with E-state index in [4.69, 9.17) is 0 Å². The van der Waals surface area contributed by atoms with Crippen molar-refractivity contribution in [3.63, 3.8) is 0 Å². The molecule has 2 atom stereocenters. The zero-order valence-corrected chi connectivity index (χ0v) is 11.1. The van der Waals surface area contributed by atoms with Crippen LogP contribution in [0.4, 0.5) is 0 Å². The fraction of sp³-hybridized carbons (Fsp3) is 1.00. The average Bonchev–Trinajstić information content (AvgIpc) is 2.18. The standard InChI is InChI=1S/C14H30O/c1-5-7-10-13(6-2)14(15)11-8-9-12(3)4/h12-15H,5-11H2,1-4H3. The second-order valence-corrected chi connectivity index (χ2v) is 5.20. The van der Waals surface area contributed by atoms with Gasteiger partial charge in [-0.15, -0.1) is 0 Å². The molecule has 15 heavy (non-hydrogen) atoms. The van der Waals surface area contributed by atoms with Crippen LogP contribution in [0.3, 0.4) is 0 Å². The Morgan fingerprint density at radius 1 is 0.933 bits per heavy atom. The summed E-state index contributed by atoms with van der Waals surface area (Å²) in [6.45, 7) is 8.92. The van der Waals surface area contributed by atoms with Crippen LogP contribution in [0.25, 0.3) is 0 Å². The fourth-order valence-corrected chi connectivity index (χ4v) is 2.11. The molecule has 0 saturated heterocycles. The van der Waals surface area contributed by atoms with E-state index in [0.717, 1.165) is 18.8 Å². The number of hydrogen-bond donors (Lipinski definition) is 1. The number of aliphatic hydroxyl groups is 1. The van der Waals surface area contributed by atoms with Gasteiger partial charge >= 0.3 is 0 Å². The molecule has 2 unspecified atom stereocenters. The monoisotopic (exact) mass is 214 g/mol. The summed E-state index contributed by atoms with van der Waals surface area (Å²) < 4.78 is 0. The smallest absolute Gasteiger partial charge is 0.0568 e. The summed E-state index contributed by atoms with van der Waals surface area (Å²) in [5, 5.41) is 10.0. The minimum absolute atomic E-state index is 0.0553. The first-order valence-electron chi connectivity index (χ1n) is 6.79. The van der Waals surface area contributed by atoms with Gasteiger partial charge in [-0.2, -0.15) is 0 Å². The number of rotatable bonds is 9. The van der Waals surface area contributed by atoms with Crippen LogP contribution in [0.5, 0.6) is 0 Å². The highest BCUT2D eigenvalue weighted by Crippen LogP contribution is 2.21. The largest absolute Gasteiger partial charge is 0.393 e. The van der Waals surface area contributed by atoms with E-state index in [-0.39, 0.29) is 6.10 Å². The molecule has 1 heteroatoms. The summed E-state index contributed by atoms with van der Waals surface area (Å²) in [6.07, 6.45) is 8.22. The molecule has 1 N–H and O–H groups in total. The quantitative estimate of drug-likeness (QED) is 0.603. The van der Waals surface area contributed by atoms with E-state index in [1.807, 2.05) is 0 Å². The molecule has 0 aromatic rings. The Balaban J connectivity index is 3.67. The molecule has 92 valence electrons. The highest BCUT2D eigenvalue weighted by molar-refractivity contribution is 4.68. The van der Waals surface area contributed by atoms with Crippen molar-refractivity contribution in [2.45, 2.75) is 78.7 Å². The summed E-state index contributed by atoms with van der Waals surface area (Å²) >= 11 is 0. The van der Waals surface area contributed by atoms with Crippen LogP contribution in [0.15, 0.2) is 0 Å². The summed E-state index contributed by atoms with van der Waals surface area (Å²) in [6, 6.07) is 0. The van der Waals surface area contributed by atoms with Crippen molar-refractivity contribution in [1.29, 1.82) is 0 Å². The first kappa shape index (κ1) is 15.0. The second-order valence-electron chi connectivity index (χ2n) is 5.20. The van der Waals surface area contributed by atoms with Crippen molar-refractivity contribution in [1.82, 2.24) is 0 Å². The molecule has 0 amide bonds. The van der Waals surface area contributed by atoms with Gasteiger partial charge in [0, 0.05) is 0 Å². The summed E-state index contributed by atoms with van der Waals surface area (Å²) in [4.78, 5) is 0. The third-order valence-electron chi connectivity index (χ3n) is 3.28. The first-order valence-corrected chi connectivity index (χ1v) is 6.79. The first-order chi connectivity index (χ1) is 7.11. The van der Waals surface area contributed by atoms with Crippen molar-refractivity contribution < 1.29 is 5.11 Å². The van der Waals surface area contributed by atoms with Gasteiger partial charge in [0.15, 0.2) is 0 Å². The topological polar surface area (TPSA) is 20.2 Å². The van der Waals surface area contributed by atoms with Crippen molar-refractivity contribution in [2.24, 2.45) is 11.8 Å². The molecule has 1 nitrogen and oxygen atoms in total. The normalized spacial score (nSPS) is 15.6. The van der Waals surface area contributed by atoms with Crippen molar-refractivity contribution >= 4 is 0 Å². The van der Waals surface area contributed by atoms with E-state index in [2.05, 4.69) is 27.7 Å². The molecule has 0 aromatic heterocycles. The third kappa shape index (κ3) is 7.84. The SMILES string of the molecule is CCCCC(CC)C(O)CCCC(C)C. The highest BCUT2D eigenvalue weighted by atomic mass is 16.3. The van der Waals surface area contributed by atoms with Crippen molar-refractivity contribution in [3.05, 3.63) is 0 Å². The van der Waals surface area contributed by atoms with Crippen LogP contribution < -0.4 is 0 Å². The van der Waals surface area contributed by atoms with Gasteiger partial charge in [-0.1, -0.05) is 59.8 Å². The Morgan fingerprint density at radius 2 is 1.60 bits per heavy atom. The second kappa shape index (κ2) is 9.21. The van der Waals surface area contributed by atoms with Gasteiger partial charge in [0.2, 0.25) is 0 Å². The van der Waals surface area contributed by atoms with Gasteiger partial charge in [0.25, 0.3) is 0 Å². The number of unbranched alkanes of at least 4 members (excludes halogenated alkanes) is 1. The Kier molecular flexibility index (Phi) is 9.18. The molecule has 0 heterocycles. The molecular weight excluding hydrogens is 184 g/mol. The Labute approximate surface area is 96.3 Å². The van der Waals surface area contributed by atoms with E-state index in [1.165, 1.54) is 32.1 Å². The lowest BCUT2D eigenvalue weighted by Gasteiger charge is -2.21. The lowest BCUT2D eigenvalue weighted by Crippen LogP contribution is -2.19. The van der Waals surface area contributed by atoms with Crippen LogP contribution in [-0.2, 0) is 0 Å². The lowest BCUT2D eigenvalue weighted by atomic mass is 9.90. The number of hydrogen-bond acceptors (Lipinski definition) is 1. The predicted molar refractivity (Wildman–Crippen MR) is 68.0 cm³/mol. The molecule has 0 spiro atoms. The van der Waals surface area contributed by atoms with Crippen LogP contribution in [0.1, 0.15) is 72.6 Å². The van der Waals surface area contributed by atoms with Crippen LogP contribution in [0.2, 0.25) is 0 Å². The van der Waals surface area contributed by atoms with Crippen molar-refractivity contribution in [2.75, 3.05) is 0 Å². The maximum Gasteiger partial charge on any atom is 0.0568 e. The Hall–Kier alpha value is -0.0400. The fourth-order valence-electron chi connectivity index (χ4n) is 2.11. The van der Waals surface area contributed by atoms with E-state index in [9.17, 15) is 5.11 Å². The molecule has 0 radical (unpaired) electrons. The Morgan fingerprint density at radius 3 is 2.07 bits per heavy atom. The lowest BCUT2D eigenvalue weighted by molar-refractivity contribution is 0.0868. The van der Waals surface area contributed by atoms with Crippen molar-refractivity contribution in [3.8, 4) is 0 Å². The third-order valence-corrected chi connectivity index (χ3v) is 3.28. The minimum Gasteiger partial charge on any atom is -0.393 e. The zero-order valence-electron chi connectivity index (χ0n) is 11.1. The molecule has 0 aromatic carbocycles. The van der Waals surface area contributed by atoms with E-state index in [0.29, 0.717) is 5.92 Å². The van der Waals surface area contributed by atoms with Gasteiger partial charge in [-0.25, -0.2) is 0 Å². The molecule has 0 fully saturated rings. The van der Waals surface area contributed by atoms with E-state index in [1.54, 1.807) is 0 Å². The molecule has 0 aliphatic heterocycles. The molecule has 0 aliphatic carbocycles. The molecule has 0 aliphatic rings. The summed E-state index contributed by atoms with van der Waals surface area (Å²) in [7, 11) is 0. The maximum atomic E-state index is 10.0. The number of aliphatic hydroxyl groups excluding tert-OH is 1. The molecular formula is C14H30O. The summed E-state index contributed by atoms with van der Waals surface area (Å²) in [5.41, 5.74) is 0. The van der Waals surface area contributed by atoms with Gasteiger partial charge in [-0.3, -0.25) is 0 Å². The van der Waals surface area contributed by atoms with Crippen LogP contribution in [-0.4, -0.2) is 11.2 Å². The highest BCUT2D eigenvalue weighted by Gasteiger charge is 2.16. The van der Waals surface area contributed by atoms with Gasteiger partial charge in [0.05, 0.1) is 6.10 Å². The van der Waals surface area contributed by atoms with Gasteiger partial charge in [-0.05, 0) is 24.7 Å². The van der Waals surface area contributed by atoms with E-state index >= 15 is 0 Å². The maximum absolute atomic E-state index is 10.0. The van der Waals surface area contributed by atoms with Crippen LogP contribution >= 0.6 is 0 Å². The molecule has 0 saturated carbocycles.